The topological polar surface area (TPSA) is 101 Å². The number of ether oxygens (including phenoxy) is 2. The fourth-order valence-electron chi connectivity index (χ4n) is 2.54. The number of rotatable bonds is 5. The molecule has 2 aromatic carbocycles. The molecule has 1 aliphatic heterocycles. The number of nitrogens with zero attached hydrogens (tertiary/aromatic N) is 2. The minimum atomic E-state index is -0.373. The van der Waals surface area contributed by atoms with Crippen molar-refractivity contribution in [2.75, 3.05) is 25.1 Å². The lowest BCUT2D eigenvalue weighted by Crippen LogP contribution is -2.21. The molecule has 0 aliphatic carbocycles. The number of aliphatic imine (C=N–C) groups is 2. The average Bonchev–Trinajstić information content (AvgIpc) is 3.21. The Morgan fingerprint density at radius 1 is 1.11 bits per heavy atom. The standard InChI is InChI=1S/C20H24N4O3/c1-2-14-3-5-15(6-4-14)19(21)24-20(22-13-18-26-11-12-27-18)23-16-7-9-17(25)10-8-16/h3-10,18,25H,2,11-13H2,1H3,(H3,21,22,23,24). The highest BCUT2D eigenvalue weighted by molar-refractivity contribution is 6.08. The molecule has 7 heteroatoms. The summed E-state index contributed by atoms with van der Waals surface area (Å²) in [6.45, 7) is 3.55. The summed E-state index contributed by atoms with van der Waals surface area (Å²) in [7, 11) is 0. The first-order valence-electron chi connectivity index (χ1n) is 8.91. The predicted molar refractivity (Wildman–Crippen MR) is 106 cm³/mol. The van der Waals surface area contributed by atoms with Crippen LogP contribution in [0.15, 0.2) is 58.5 Å². The van der Waals surface area contributed by atoms with Gasteiger partial charge in [0.1, 0.15) is 11.6 Å². The van der Waals surface area contributed by atoms with Crippen LogP contribution in [0.4, 0.5) is 5.69 Å². The summed E-state index contributed by atoms with van der Waals surface area (Å²) in [6.07, 6.45) is 0.593. The lowest BCUT2D eigenvalue weighted by molar-refractivity contribution is -0.0326. The second-order valence-corrected chi connectivity index (χ2v) is 6.05. The van der Waals surface area contributed by atoms with Crippen LogP contribution in [0.5, 0.6) is 5.75 Å². The van der Waals surface area contributed by atoms with Gasteiger partial charge in [0.15, 0.2) is 6.29 Å². The zero-order chi connectivity index (χ0) is 19.1. The summed E-state index contributed by atoms with van der Waals surface area (Å²) in [5, 5.41) is 12.5. The van der Waals surface area contributed by atoms with E-state index in [0.717, 1.165) is 17.7 Å². The van der Waals surface area contributed by atoms with Gasteiger partial charge in [-0.1, -0.05) is 31.2 Å². The third kappa shape index (κ3) is 5.54. The smallest absolute Gasteiger partial charge is 0.224 e. The number of benzene rings is 2. The Morgan fingerprint density at radius 2 is 1.78 bits per heavy atom. The third-order valence-corrected chi connectivity index (χ3v) is 4.09. The molecule has 1 saturated heterocycles. The molecule has 0 radical (unpaired) electrons. The first-order chi connectivity index (χ1) is 13.1. The van der Waals surface area contributed by atoms with Gasteiger partial charge in [0.2, 0.25) is 5.96 Å². The molecule has 0 spiro atoms. The van der Waals surface area contributed by atoms with Gasteiger partial charge in [-0.05, 0) is 36.2 Å². The highest BCUT2D eigenvalue weighted by Crippen LogP contribution is 2.14. The second kappa shape index (κ2) is 9.16. The number of amidine groups is 1. The quantitative estimate of drug-likeness (QED) is 0.428. The van der Waals surface area contributed by atoms with Gasteiger partial charge in [0.05, 0.1) is 19.8 Å². The number of nitrogens with one attached hydrogen (secondary N) is 1. The zero-order valence-electron chi connectivity index (χ0n) is 15.3. The molecule has 0 aromatic heterocycles. The Kier molecular flexibility index (Phi) is 6.40. The van der Waals surface area contributed by atoms with Crippen molar-refractivity contribution in [2.45, 2.75) is 19.6 Å². The monoisotopic (exact) mass is 368 g/mol. The summed E-state index contributed by atoms with van der Waals surface area (Å²) in [4.78, 5) is 8.89. The molecule has 0 amide bonds. The Bertz CT molecular complexity index is 795. The van der Waals surface area contributed by atoms with Crippen LogP contribution in [-0.2, 0) is 15.9 Å². The molecule has 142 valence electrons. The van der Waals surface area contributed by atoms with E-state index in [9.17, 15) is 5.11 Å². The Hall–Kier alpha value is -2.90. The van der Waals surface area contributed by atoms with Crippen molar-refractivity contribution in [1.82, 2.24) is 0 Å². The number of anilines is 1. The van der Waals surface area contributed by atoms with E-state index in [1.54, 1.807) is 24.3 Å². The van der Waals surface area contributed by atoms with Crippen LogP contribution in [-0.4, -0.2) is 43.0 Å². The molecule has 7 nitrogen and oxygen atoms in total. The number of nitrogens with two attached hydrogens (primary N) is 1. The normalized spacial score (nSPS) is 15.9. The number of hydrogen-bond acceptors (Lipinski definition) is 4. The molecule has 1 heterocycles. The van der Waals surface area contributed by atoms with E-state index in [4.69, 9.17) is 15.2 Å². The van der Waals surface area contributed by atoms with E-state index in [2.05, 4.69) is 22.2 Å². The van der Waals surface area contributed by atoms with E-state index in [1.807, 2.05) is 24.3 Å². The van der Waals surface area contributed by atoms with Crippen LogP contribution < -0.4 is 11.1 Å². The molecule has 3 rings (SSSR count). The van der Waals surface area contributed by atoms with Gasteiger partial charge in [-0.15, -0.1) is 0 Å². The Labute approximate surface area is 158 Å². The summed E-state index contributed by atoms with van der Waals surface area (Å²) in [5.41, 5.74) is 8.96. The van der Waals surface area contributed by atoms with E-state index in [-0.39, 0.29) is 12.0 Å². The van der Waals surface area contributed by atoms with E-state index < -0.39 is 0 Å². The Morgan fingerprint density at radius 3 is 2.41 bits per heavy atom. The number of hydrogen-bond donors (Lipinski definition) is 3. The first kappa shape index (κ1) is 18.9. The van der Waals surface area contributed by atoms with Crippen molar-refractivity contribution >= 4 is 17.5 Å². The van der Waals surface area contributed by atoms with Gasteiger partial charge in [0.25, 0.3) is 0 Å². The van der Waals surface area contributed by atoms with Crippen molar-refractivity contribution in [2.24, 2.45) is 15.7 Å². The van der Waals surface area contributed by atoms with Crippen molar-refractivity contribution in [1.29, 1.82) is 0 Å². The summed E-state index contributed by atoms with van der Waals surface area (Å²) in [6, 6.07) is 14.6. The van der Waals surface area contributed by atoms with Crippen molar-refractivity contribution in [3.63, 3.8) is 0 Å². The summed E-state index contributed by atoms with van der Waals surface area (Å²) in [5.74, 6) is 0.888. The van der Waals surface area contributed by atoms with Crippen LogP contribution in [0.25, 0.3) is 0 Å². The first-order valence-corrected chi connectivity index (χ1v) is 8.91. The molecule has 0 saturated carbocycles. The predicted octanol–water partition coefficient (Wildman–Crippen LogP) is 2.50. The molecule has 1 aliphatic rings. The van der Waals surface area contributed by atoms with E-state index in [1.165, 1.54) is 5.56 Å². The van der Waals surface area contributed by atoms with Crippen LogP contribution in [0.3, 0.4) is 0 Å². The molecule has 0 atom stereocenters. The molecular formula is C20H24N4O3. The molecule has 4 N–H and O–H groups in total. The van der Waals surface area contributed by atoms with Gasteiger partial charge in [-0.25, -0.2) is 4.99 Å². The molecule has 0 bridgehead atoms. The zero-order valence-corrected chi connectivity index (χ0v) is 15.3. The highest BCUT2D eigenvalue weighted by Gasteiger charge is 2.15. The number of guanidine groups is 1. The van der Waals surface area contributed by atoms with Crippen molar-refractivity contribution in [3.05, 3.63) is 59.7 Å². The summed E-state index contributed by atoms with van der Waals surface area (Å²) >= 11 is 0. The fraction of sp³-hybridized carbons (Fsp3) is 0.300. The molecule has 27 heavy (non-hydrogen) atoms. The Balaban J connectivity index is 1.80. The number of aryl methyl sites for hydroxylation is 1. The fourth-order valence-corrected chi connectivity index (χ4v) is 2.54. The minimum absolute atomic E-state index is 0.186. The maximum absolute atomic E-state index is 9.44. The largest absolute Gasteiger partial charge is 0.508 e. The van der Waals surface area contributed by atoms with Gasteiger partial charge in [-0.3, -0.25) is 0 Å². The SMILES string of the molecule is CCc1ccc(C(N)=NC(=NCC2OCCO2)Nc2ccc(O)cc2)cc1. The van der Waals surface area contributed by atoms with Crippen LogP contribution in [0.2, 0.25) is 0 Å². The highest BCUT2D eigenvalue weighted by atomic mass is 16.7. The summed E-state index contributed by atoms with van der Waals surface area (Å²) < 4.78 is 10.8. The third-order valence-electron chi connectivity index (χ3n) is 4.09. The number of phenolic OH excluding ortho intramolecular Hbond substituents is 1. The number of aromatic hydroxyl groups is 1. The van der Waals surface area contributed by atoms with Gasteiger partial charge in [0, 0.05) is 11.3 Å². The van der Waals surface area contributed by atoms with Gasteiger partial charge >= 0.3 is 0 Å². The van der Waals surface area contributed by atoms with Crippen molar-refractivity contribution < 1.29 is 14.6 Å². The maximum Gasteiger partial charge on any atom is 0.224 e. The maximum atomic E-state index is 9.44. The van der Waals surface area contributed by atoms with Crippen LogP contribution >= 0.6 is 0 Å². The lowest BCUT2D eigenvalue weighted by atomic mass is 10.1. The lowest BCUT2D eigenvalue weighted by Gasteiger charge is -2.10. The molecule has 2 aromatic rings. The van der Waals surface area contributed by atoms with E-state index in [0.29, 0.717) is 31.6 Å². The second-order valence-electron chi connectivity index (χ2n) is 6.05. The van der Waals surface area contributed by atoms with E-state index >= 15 is 0 Å². The minimum Gasteiger partial charge on any atom is -0.508 e. The van der Waals surface area contributed by atoms with Gasteiger partial charge in [-0.2, -0.15) is 4.99 Å². The molecule has 0 unspecified atom stereocenters. The van der Waals surface area contributed by atoms with Gasteiger partial charge < -0.3 is 25.6 Å². The van der Waals surface area contributed by atoms with Crippen molar-refractivity contribution in [3.8, 4) is 5.75 Å². The molecular weight excluding hydrogens is 344 g/mol. The van der Waals surface area contributed by atoms with Crippen LogP contribution in [0, 0.1) is 0 Å². The van der Waals surface area contributed by atoms with Crippen LogP contribution in [0.1, 0.15) is 18.1 Å². The number of phenols is 1. The average molecular weight is 368 g/mol. The molecule has 1 fully saturated rings.